The SMILES string of the molecule is COCCNCc1sc(N2CCOCC2)nc1C1CC1. The van der Waals surface area contributed by atoms with Crippen molar-refractivity contribution in [3.05, 3.63) is 10.6 Å². The van der Waals surface area contributed by atoms with Crippen molar-refractivity contribution in [2.24, 2.45) is 0 Å². The van der Waals surface area contributed by atoms with Crippen LogP contribution in [0.2, 0.25) is 0 Å². The second kappa shape index (κ2) is 6.85. The average molecular weight is 297 g/mol. The Morgan fingerprint density at radius 1 is 1.40 bits per heavy atom. The van der Waals surface area contributed by atoms with E-state index in [2.05, 4.69) is 10.2 Å². The molecule has 0 aromatic carbocycles. The first-order chi connectivity index (χ1) is 9.88. The highest BCUT2D eigenvalue weighted by atomic mass is 32.1. The van der Waals surface area contributed by atoms with Crippen molar-refractivity contribution in [3.8, 4) is 0 Å². The summed E-state index contributed by atoms with van der Waals surface area (Å²) in [6.07, 6.45) is 2.61. The van der Waals surface area contributed by atoms with Crippen LogP contribution in [0.5, 0.6) is 0 Å². The van der Waals surface area contributed by atoms with E-state index < -0.39 is 0 Å². The second-order valence-electron chi connectivity index (χ2n) is 5.35. The first-order valence-electron chi connectivity index (χ1n) is 7.40. The van der Waals surface area contributed by atoms with Crippen molar-refractivity contribution in [1.29, 1.82) is 0 Å². The summed E-state index contributed by atoms with van der Waals surface area (Å²) in [7, 11) is 1.74. The first-order valence-corrected chi connectivity index (χ1v) is 8.22. The van der Waals surface area contributed by atoms with Crippen LogP contribution in [0.15, 0.2) is 0 Å². The van der Waals surface area contributed by atoms with Gasteiger partial charge in [-0.05, 0) is 12.8 Å². The normalized spacial score (nSPS) is 19.6. The Balaban J connectivity index is 1.65. The third kappa shape index (κ3) is 3.49. The van der Waals surface area contributed by atoms with Crippen LogP contribution in [-0.2, 0) is 16.0 Å². The molecule has 2 aliphatic rings. The molecule has 20 heavy (non-hydrogen) atoms. The zero-order valence-electron chi connectivity index (χ0n) is 12.1. The number of anilines is 1. The van der Waals surface area contributed by atoms with Crippen LogP contribution >= 0.6 is 11.3 Å². The van der Waals surface area contributed by atoms with Gasteiger partial charge in [0.1, 0.15) is 0 Å². The van der Waals surface area contributed by atoms with Gasteiger partial charge in [0, 0.05) is 44.1 Å². The lowest BCUT2D eigenvalue weighted by atomic mass is 10.2. The van der Waals surface area contributed by atoms with E-state index in [9.17, 15) is 0 Å². The Hall–Kier alpha value is -0.690. The summed E-state index contributed by atoms with van der Waals surface area (Å²) >= 11 is 1.85. The molecule has 2 heterocycles. The Kier molecular flexibility index (Phi) is 4.88. The molecular formula is C14H23N3O2S. The molecule has 0 bridgehead atoms. The Labute approximate surface area is 124 Å². The van der Waals surface area contributed by atoms with E-state index >= 15 is 0 Å². The number of nitrogens with zero attached hydrogens (tertiary/aromatic N) is 2. The molecule has 1 aromatic rings. The second-order valence-corrected chi connectivity index (χ2v) is 6.41. The molecule has 0 radical (unpaired) electrons. The molecule has 1 aromatic heterocycles. The van der Waals surface area contributed by atoms with Gasteiger partial charge in [-0.1, -0.05) is 0 Å². The molecule has 1 saturated carbocycles. The maximum absolute atomic E-state index is 5.42. The topological polar surface area (TPSA) is 46.6 Å². The van der Waals surface area contributed by atoms with Crippen molar-refractivity contribution in [2.45, 2.75) is 25.3 Å². The summed E-state index contributed by atoms with van der Waals surface area (Å²) in [5, 5.41) is 4.62. The molecule has 2 fully saturated rings. The first kappa shape index (κ1) is 14.3. The van der Waals surface area contributed by atoms with Gasteiger partial charge in [-0.3, -0.25) is 0 Å². The standard InChI is InChI=1S/C14H23N3O2S/c1-18-7-4-15-10-12-13(11-2-3-11)16-14(20-12)17-5-8-19-9-6-17/h11,15H,2-10H2,1H3. The van der Waals surface area contributed by atoms with Crippen molar-refractivity contribution >= 4 is 16.5 Å². The van der Waals surface area contributed by atoms with Crippen LogP contribution in [0, 0.1) is 0 Å². The summed E-state index contributed by atoms with van der Waals surface area (Å²) in [6, 6.07) is 0. The van der Waals surface area contributed by atoms with Gasteiger partial charge in [0.2, 0.25) is 0 Å². The molecule has 1 N–H and O–H groups in total. The number of methoxy groups -OCH3 is 1. The summed E-state index contributed by atoms with van der Waals surface area (Å²) in [6.45, 7) is 6.14. The fraction of sp³-hybridized carbons (Fsp3) is 0.786. The number of hydrogen-bond acceptors (Lipinski definition) is 6. The van der Waals surface area contributed by atoms with Gasteiger partial charge in [0.05, 0.1) is 25.5 Å². The van der Waals surface area contributed by atoms with Gasteiger partial charge >= 0.3 is 0 Å². The molecule has 5 nitrogen and oxygen atoms in total. The zero-order chi connectivity index (χ0) is 13.8. The quantitative estimate of drug-likeness (QED) is 0.775. The largest absolute Gasteiger partial charge is 0.383 e. The molecule has 1 aliphatic heterocycles. The Bertz CT molecular complexity index is 428. The summed E-state index contributed by atoms with van der Waals surface area (Å²) in [5.74, 6) is 0.709. The lowest BCUT2D eigenvalue weighted by Gasteiger charge is -2.26. The van der Waals surface area contributed by atoms with Crippen LogP contribution < -0.4 is 10.2 Å². The van der Waals surface area contributed by atoms with Gasteiger partial charge in [0.25, 0.3) is 0 Å². The van der Waals surface area contributed by atoms with E-state index in [1.165, 1.54) is 28.5 Å². The number of nitrogens with one attached hydrogen (secondary N) is 1. The highest BCUT2D eigenvalue weighted by molar-refractivity contribution is 7.15. The monoisotopic (exact) mass is 297 g/mol. The molecular weight excluding hydrogens is 274 g/mol. The van der Waals surface area contributed by atoms with Gasteiger partial charge in [-0.25, -0.2) is 4.98 Å². The third-order valence-corrected chi connectivity index (χ3v) is 4.86. The molecule has 0 atom stereocenters. The lowest BCUT2D eigenvalue weighted by Crippen LogP contribution is -2.36. The molecule has 1 aliphatic carbocycles. The molecule has 3 rings (SSSR count). The van der Waals surface area contributed by atoms with E-state index in [4.69, 9.17) is 14.5 Å². The predicted octanol–water partition coefficient (Wildman–Crippen LogP) is 1.59. The molecule has 0 spiro atoms. The third-order valence-electron chi connectivity index (χ3n) is 3.73. The number of rotatable bonds is 7. The predicted molar refractivity (Wildman–Crippen MR) is 80.7 cm³/mol. The minimum Gasteiger partial charge on any atom is -0.383 e. The van der Waals surface area contributed by atoms with Crippen LogP contribution in [0.25, 0.3) is 0 Å². The van der Waals surface area contributed by atoms with E-state index in [1.807, 2.05) is 11.3 Å². The minimum absolute atomic E-state index is 0.709. The van der Waals surface area contributed by atoms with Crippen LogP contribution in [0.1, 0.15) is 29.3 Å². The van der Waals surface area contributed by atoms with Crippen molar-refractivity contribution in [1.82, 2.24) is 10.3 Å². The van der Waals surface area contributed by atoms with Gasteiger partial charge in [0.15, 0.2) is 5.13 Å². The smallest absolute Gasteiger partial charge is 0.185 e. The van der Waals surface area contributed by atoms with E-state index in [-0.39, 0.29) is 0 Å². The van der Waals surface area contributed by atoms with E-state index in [0.717, 1.165) is 46.0 Å². The van der Waals surface area contributed by atoms with Gasteiger partial charge in [-0.15, -0.1) is 11.3 Å². The Morgan fingerprint density at radius 2 is 2.20 bits per heavy atom. The Morgan fingerprint density at radius 3 is 2.90 bits per heavy atom. The molecule has 0 unspecified atom stereocenters. The fourth-order valence-electron chi connectivity index (χ4n) is 2.42. The van der Waals surface area contributed by atoms with E-state index in [1.54, 1.807) is 7.11 Å². The maximum atomic E-state index is 5.42. The van der Waals surface area contributed by atoms with Crippen LogP contribution in [0.3, 0.4) is 0 Å². The van der Waals surface area contributed by atoms with Crippen LogP contribution in [0.4, 0.5) is 5.13 Å². The van der Waals surface area contributed by atoms with Crippen molar-refractivity contribution in [3.63, 3.8) is 0 Å². The maximum Gasteiger partial charge on any atom is 0.185 e. The number of morpholine rings is 1. The molecule has 0 amide bonds. The number of thiazole rings is 1. The van der Waals surface area contributed by atoms with Gasteiger partial charge in [-0.2, -0.15) is 0 Å². The lowest BCUT2D eigenvalue weighted by molar-refractivity contribution is 0.122. The van der Waals surface area contributed by atoms with Gasteiger partial charge < -0.3 is 19.7 Å². The van der Waals surface area contributed by atoms with Crippen molar-refractivity contribution in [2.75, 3.05) is 51.5 Å². The average Bonchev–Trinajstić information content (AvgIpc) is 3.25. The summed E-state index contributed by atoms with van der Waals surface area (Å²) < 4.78 is 10.5. The molecule has 1 saturated heterocycles. The number of ether oxygens (including phenoxy) is 2. The highest BCUT2D eigenvalue weighted by Crippen LogP contribution is 2.44. The highest BCUT2D eigenvalue weighted by Gasteiger charge is 2.30. The fourth-order valence-corrected chi connectivity index (χ4v) is 3.59. The minimum atomic E-state index is 0.709. The zero-order valence-corrected chi connectivity index (χ0v) is 12.9. The van der Waals surface area contributed by atoms with Crippen LogP contribution in [-0.4, -0.2) is 51.5 Å². The van der Waals surface area contributed by atoms with E-state index in [0.29, 0.717) is 5.92 Å². The van der Waals surface area contributed by atoms with Crippen molar-refractivity contribution < 1.29 is 9.47 Å². The number of aromatic nitrogens is 1. The number of hydrogen-bond donors (Lipinski definition) is 1. The summed E-state index contributed by atoms with van der Waals surface area (Å²) in [5.41, 5.74) is 1.33. The molecule has 6 heteroatoms. The molecule has 112 valence electrons. The summed E-state index contributed by atoms with van der Waals surface area (Å²) in [4.78, 5) is 8.68.